The van der Waals surface area contributed by atoms with Crippen LogP contribution in [0.25, 0.3) is 0 Å². The number of nitrogens with one attached hydrogen (secondary N) is 2. The fraction of sp³-hybridized carbons (Fsp3) is 0.750. The Morgan fingerprint density at radius 1 is 1.63 bits per heavy atom. The van der Waals surface area contributed by atoms with Gasteiger partial charge in [0.1, 0.15) is 0 Å². The molecular formula is C12H20N4O3. The molecule has 1 aliphatic heterocycles. The van der Waals surface area contributed by atoms with Crippen molar-refractivity contribution in [2.45, 2.75) is 38.3 Å². The van der Waals surface area contributed by atoms with Crippen molar-refractivity contribution in [1.29, 1.82) is 0 Å². The Labute approximate surface area is 112 Å². The van der Waals surface area contributed by atoms with Gasteiger partial charge >= 0.3 is 0 Å². The first-order chi connectivity index (χ1) is 9.02. The normalized spacial score (nSPS) is 19.6. The molecule has 0 spiro atoms. The molecule has 0 bridgehead atoms. The van der Waals surface area contributed by atoms with E-state index in [9.17, 15) is 4.79 Å². The highest BCUT2D eigenvalue weighted by Gasteiger charge is 2.25. The molecule has 19 heavy (non-hydrogen) atoms. The molecule has 106 valence electrons. The van der Waals surface area contributed by atoms with Gasteiger partial charge in [-0.25, -0.2) is 0 Å². The summed E-state index contributed by atoms with van der Waals surface area (Å²) in [6.07, 6.45) is 2.04. The lowest BCUT2D eigenvalue weighted by atomic mass is 10.1. The number of aromatic nitrogens is 2. The van der Waals surface area contributed by atoms with Gasteiger partial charge in [-0.05, 0) is 33.2 Å². The molecule has 1 unspecified atom stereocenters. The molecule has 1 fully saturated rings. The standard InChI is InChI=1S/C12H20N4O3/c1-12(2,18-3)7-14-10(17)9-15-11(19-16-9)8-5-4-6-13-8/h8,13H,4-7H2,1-3H3,(H,14,17). The van der Waals surface area contributed by atoms with Crippen LogP contribution in [0, 0.1) is 0 Å². The Balaban J connectivity index is 1.92. The fourth-order valence-electron chi connectivity index (χ4n) is 1.81. The van der Waals surface area contributed by atoms with Gasteiger partial charge in [0.2, 0.25) is 5.89 Å². The van der Waals surface area contributed by atoms with E-state index in [1.165, 1.54) is 0 Å². The largest absolute Gasteiger partial charge is 0.377 e. The molecule has 0 aliphatic carbocycles. The molecule has 2 rings (SSSR count). The average molecular weight is 268 g/mol. The summed E-state index contributed by atoms with van der Waals surface area (Å²) in [6, 6.07) is 0.0736. The monoisotopic (exact) mass is 268 g/mol. The zero-order chi connectivity index (χ0) is 13.9. The Morgan fingerprint density at radius 3 is 3.05 bits per heavy atom. The average Bonchev–Trinajstić information content (AvgIpc) is 3.05. The maximum absolute atomic E-state index is 11.9. The van der Waals surface area contributed by atoms with Gasteiger partial charge in [-0.15, -0.1) is 0 Å². The first-order valence-electron chi connectivity index (χ1n) is 6.42. The number of hydrogen-bond acceptors (Lipinski definition) is 6. The molecule has 1 aromatic rings. The Morgan fingerprint density at radius 2 is 2.42 bits per heavy atom. The van der Waals surface area contributed by atoms with Gasteiger partial charge in [-0.1, -0.05) is 5.16 Å². The molecule has 0 saturated carbocycles. The van der Waals surface area contributed by atoms with Gasteiger partial charge in [0, 0.05) is 13.7 Å². The van der Waals surface area contributed by atoms with Gasteiger partial charge in [0.15, 0.2) is 0 Å². The van der Waals surface area contributed by atoms with Crippen LogP contribution in [0.5, 0.6) is 0 Å². The summed E-state index contributed by atoms with van der Waals surface area (Å²) in [6.45, 7) is 5.10. The molecule has 1 aromatic heterocycles. The predicted octanol–water partition coefficient (Wildman–Crippen LogP) is 0.649. The summed E-state index contributed by atoms with van der Waals surface area (Å²) in [5.74, 6) is 0.197. The first-order valence-corrected chi connectivity index (χ1v) is 6.42. The molecule has 0 radical (unpaired) electrons. The lowest BCUT2D eigenvalue weighted by Crippen LogP contribution is -2.40. The van der Waals surface area contributed by atoms with Crippen molar-refractivity contribution in [3.8, 4) is 0 Å². The lowest BCUT2D eigenvalue weighted by molar-refractivity contribution is 0.0227. The van der Waals surface area contributed by atoms with E-state index >= 15 is 0 Å². The highest BCUT2D eigenvalue weighted by atomic mass is 16.5. The second-order valence-corrected chi connectivity index (χ2v) is 5.25. The number of carbonyl (C=O) groups is 1. The maximum atomic E-state index is 11.9. The summed E-state index contributed by atoms with van der Waals surface area (Å²) in [4.78, 5) is 16.0. The van der Waals surface area contributed by atoms with E-state index in [4.69, 9.17) is 9.26 Å². The Bertz CT molecular complexity index is 438. The number of hydrogen-bond donors (Lipinski definition) is 2. The zero-order valence-electron chi connectivity index (χ0n) is 11.5. The molecule has 2 N–H and O–H groups in total. The van der Waals surface area contributed by atoms with Crippen LogP contribution >= 0.6 is 0 Å². The van der Waals surface area contributed by atoms with Gasteiger partial charge < -0.3 is 19.9 Å². The third-order valence-corrected chi connectivity index (χ3v) is 3.23. The second-order valence-electron chi connectivity index (χ2n) is 5.25. The Hall–Kier alpha value is -1.47. The molecule has 7 nitrogen and oxygen atoms in total. The van der Waals surface area contributed by atoms with Crippen LogP contribution in [0.15, 0.2) is 4.52 Å². The van der Waals surface area contributed by atoms with Crippen molar-refractivity contribution < 1.29 is 14.1 Å². The fourth-order valence-corrected chi connectivity index (χ4v) is 1.81. The summed E-state index contributed by atoms with van der Waals surface area (Å²) >= 11 is 0. The third kappa shape index (κ3) is 3.51. The molecule has 1 aliphatic rings. The summed E-state index contributed by atoms with van der Waals surface area (Å²) in [5.41, 5.74) is -0.421. The van der Waals surface area contributed by atoms with Gasteiger partial charge in [-0.2, -0.15) is 4.98 Å². The third-order valence-electron chi connectivity index (χ3n) is 3.23. The minimum Gasteiger partial charge on any atom is -0.377 e. The highest BCUT2D eigenvalue weighted by molar-refractivity contribution is 5.90. The predicted molar refractivity (Wildman–Crippen MR) is 67.7 cm³/mol. The number of ether oxygens (including phenoxy) is 1. The van der Waals surface area contributed by atoms with Crippen LogP contribution in [0.4, 0.5) is 0 Å². The molecule has 1 amide bonds. The minimum atomic E-state index is -0.421. The van der Waals surface area contributed by atoms with E-state index in [-0.39, 0.29) is 17.8 Å². The first kappa shape index (κ1) is 14.0. The molecule has 1 atom stereocenters. The second kappa shape index (κ2) is 5.66. The molecule has 0 aromatic carbocycles. The van der Waals surface area contributed by atoms with E-state index in [0.717, 1.165) is 19.4 Å². The van der Waals surface area contributed by atoms with Crippen molar-refractivity contribution in [2.24, 2.45) is 0 Å². The van der Waals surface area contributed by atoms with E-state index in [1.807, 2.05) is 13.8 Å². The van der Waals surface area contributed by atoms with E-state index in [2.05, 4.69) is 20.8 Å². The van der Waals surface area contributed by atoms with Crippen molar-refractivity contribution in [1.82, 2.24) is 20.8 Å². The van der Waals surface area contributed by atoms with Crippen LogP contribution < -0.4 is 10.6 Å². The van der Waals surface area contributed by atoms with E-state index in [1.54, 1.807) is 7.11 Å². The van der Waals surface area contributed by atoms with Crippen LogP contribution in [0.3, 0.4) is 0 Å². The van der Waals surface area contributed by atoms with Crippen molar-refractivity contribution >= 4 is 5.91 Å². The highest BCUT2D eigenvalue weighted by Crippen LogP contribution is 2.20. The summed E-state index contributed by atoms with van der Waals surface area (Å²) in [7, 11) is 1.60. The molecular weight excluding hydrogens is 248 g/mol. The minimum absolute atomic E-state index is 0.0654. The zero-order valence-corrected chi connectivity index (χ0v) is 11.5. The van der Waals surface area contributed by atoms with Crippen molar-refractivity contribution in [3.63, 3.8) is 0 Å². The van der Waals surface area contributed by atoms with Crippen LogP contribution in [0.1, 0.15) is 49.2 Å². The van der Waals surface area contributed by atoms with Crippen molar-refractivity contribution in [3.05, 3.63) is 11.7 Å². The SMILES string of the molecule is COC(C)(C)CNC(=O)c1noc(C2CCCN2)n1. The van der Waals surface area contributed by atoms with Crippen LogP contribution in [-0.2, 0) is 4.74 Å². The van der Waals surface area contributed by atoms with Crippen molar-refractivity contribution in [2.75, 3.05) is 20.2 Å². The number of carbonyl (C=O) groups excluding carboxylic acids is 1. The smallest absolute Gasteiger partial charge is 0.292 e. The van der Waals surface area contributed by atoms with Crippen LogP contribution in [0.2, 0.25) is 0 Å². The van der Waals surface area contributed by atoms with Gasteiger partial charge in [0.25, 0.3) is 11.7 Å². The van der Waals surface area contributed by atoms with Crippen LogP contribution in [-0.4, -0.2) is 41.8 Å². The number of nitrogens with zero attached hydrogens (tertiary/aromatic N) is 2. The summed E-state index contributed by atoms with van der Waals surface area (Å²) < 4.78 is 10.3. The van der Waals surface area contributed by atoms with Gasteiger partial charge in [0.05, 0.1) is 11.6 Å². The topological polar surface area (TPSA) is 89.3 Å². The lowest BCUT2D eigenvalue weighted by Gasteiger charge is -2.22. The maximum Gasteiger partial charge on any atom is 0.292 e. The molecule has 7 heteroatoms. The summed E-state index contributed by atoms with van der Waals surface area (Å²) in [5, 5.41) is 9.68. The number of rotatable bonds is 5. The number of amides is 1. The number of methoxy groups -OCH3 is 1. The van der Waals surface area contributed by atoms with Gasteiger partial charge in [-0.3, -0.25) is 4.79 Å². The Kier molecular flexibility index (Phi) is 4.16. The van der Waals surface area contributed by atoms with E-state index < -0.39 is 5.60 Å². The van der Waals surface area contributed by atoms with E-state index in [0.29, 0.717) is 12.4 Å². The molecule has 1 saturated heterocycles. The quantitative estimate of drug-likeness (QED) is 0.815. The molecule has 2 heterocycles.